The Kier molecular flexibility index (Phi) is 7.58. The zero-order valence-electron chi connectivity index (χ0n) is 22.3. The van der Waals surface area contributed by atoms with Crippen LogP contribution in [0.15, 0.2) is 42.6 Å². The third-order valence-corrected chi connectivity index (χ3v) is 8.09. The van der Waals surface area contributed by atoms with Crippen LogP contribution in [0.3, 0.4) is 0 Å². The maximum Gasteiger partial charge on any atom is 0.244 e. The number of carbonyl (C=O) groups excluding carboxylic acids is 1. The molecule has 0 N–H and O–H groups in total. The minimum Gasteiger partial charge on any atom is -0.353 e. The molecular weight excluding hydrogens is 465 g/mol. The molecule has 2 unspecified atom stereocenters. The van der Waals surface area contributed by atoms with E-state index in [1.165, 1.54) is 30.2 Å². The summed E-state index contributed by atoms with van der Waals surface area (Å²) in [5, 5.41) is 5.05. The summed E-state index contributed by atoms with van der Waals surface area (Å²) in [5.74, 6) is 1.93. The number of carbonyl (C=O) groups is 1. The minimum absolute atomic E-state index is 0.109. The van der Waals surface area contributed by atoms with Gasteiger partial charge in [-0.05, 0) is 68.0 Å². The number of hydrogen-bond acceptors (Lipinski definition) is 4. The van der Waals surface area contributed by atoms with Gasteiger partial charge in [-0.2, -0.15) is 5.10 Å². The van der Waals surface area contributed by atoms with E-state index in [9.17, 15) is 9.18 Å². The van der Waals surface area contributed by atoms with Gasteiger partial charge in [-0.25, -0.2) is 9.37 Å². The van der Waals surface area contributed by atoms with Crippen molar-refractivity contribution < 1.29 is 9.18 Å². The number of amides is 1. The summed E-state index contributed by atoms with van der Waals surface area (Å²) in [6.07, 6.45) is 7.36. The van der Waals surface area contributed by atoms with Crippen LogP contribution in [0.1, 0.15) is 62.3 Å². The van der Waals surface area contributed by atoms with Gasteiger partial charge >= 0.3 is 0 Å². The lowest BCUT2D eigenvalue weighted by Gasteiger charge is -2.35. The smallest absolute Gasteiger partial charge is 0.244 e. The first kappa shape index (κ1) is 25.4. The summed E-state index contributed by atoms with van der Waals surface area (Å²) in [4.78, 5) is 22.2. The largest absolute Gasteiger partial charge is 0.353 e. The zero-order valence-corrected chi connectivity index (χ0v) is 22.3. The Morgan fingerprint density at radius 3 is 2.59 bits per heavy atom. The molecule has 1 aromatic carbocycles. The molecule has 1 amide bonds. The van der Waals surface area contributed by atoms with Crippen LogP contribution in [0.4, 0.5) is 10.2 Å². The molecule has 0 bridgehead atoms. The molecule has 1 aliphatic heterocycles. The number of rotatable bonds is 6. The molecule has 196 valence electrons. The molecule has 37 heavy (non-hydrogen) atoms. The molecule has 7 heteroatoms. The summed E-state index contributed by atoms with van der Waals surface area (Å²) in [6, 6.07) is 11.2. The predicted octanol–water partition coefficient (Wildman–Crippen LogP) is 5.60. The lowest BCUT2D eigenvalue weighted by molar-refractivity contribution is -0.132. The molecule has 1 saturated heterocycles. The summed E-state index contributed by atoms with van der Waals surface area (Å²) < 4.78 is 16.0. The van der Waals surface area contributed by atoms with Crippen molar-refractivity contribution in [2.75, 3.05) is 31.1 Å². The fourth-order valence-corrected chi connectivity index (χ4v) is 6.10. The molecule has 2 aliphatic rings. The van der Waals surface area contributed by atoms with Crippen LogP contribution in [0, 0.1) is 18.7 Å². The molecule has 6 nitrogen and oxygen atoms in total. The Hall–Kier alpha value is -3.22. The number of halogens is 1. The first-order valence-corrected chi connectivity index (χ1v) is 13.7. The fraction of sp³-hybridized carbons (Fsp3) is 0.500. The van der Waals surface area contributed by atoms with E-state index in [0.717, 1.165) is 49.4 Å². The average molecular weight is 504 g/mol. The van der Waals surface area contributed by atoms with Gasteiger partial charge in [0.1, 0.15) is 18.2 Å². The quantitative estimate of drug-likeness (QED) is 0.440. The van der Waals surface area contributed by atoms with Crippen LogP contribution in [0.25, 0.3) is 11.3 Å². The number of piperazine rings is 1. The standard InChI is InChI=1S/C30H38FN5O/c1-4-25-29(23-11-12-26(31)22(3)19-23)33-36(30(25)24-9-7-8-21(2)18-24)20-28(37)35-16-14-34(15-17-35)27-10-5-6-13-32-27/h5-6,10-13,19,21,24H,4,7-9,14-18,20H2,1-3H3. The minimum atomic E-state index is -0.206. The van der Waals surface area contributed by atoms with Crippen LogP contribution >= 0.6 is 0 Å². The van der Waals surface area contributed by atoms with Crippen molar-refractivity contribution in [2.24, 2.45) is 5.92 Å². The normalized spacial score (nSPS) is 20.3. The van der Waals surface area contributed by atoms with Crippen molar-refractivity contribution in [1.29, 1.82) is 0 Å². The maximum absolute atomic E-state index is 14.0. The number of aryl methyl sites for hydroxylation is 1. The topological polar surface area (TPSA) is 54.3 Å². The van der Waals surface area contributed by atoms with E-state index >= 15 is 0 Å². The van der Waals surface area contributed by atoms with Crippen LogP contribution < -0.4 is 4.90 Å². The van der Waals surface area contributed by atoms with Gasteiger partial charge < -0.3 is 9.80 Å². The second-order valence-electron chi connectivity index (χ2n) is 10.7. The second kappa shape index (κ2) is 11.0. The predicted molar refractivity (Wildman–Crippen MR) is 145 cm³/mol. The summed E-state index contributed by atoms with van der Waals surface area (Å²) in [7, 11) is 0. The van der Waals surface area contributed by atoms with E-state index in [4.69, 9.17) is 5.10 Å². The van der Waals surface area contributed by atoms with Crippen LogP contribution in [0.5, 0.6) is 0 Å². The Balaban J connectivity index is 1.41. The second-order valence-corrected chi connectivity index (χ2v) is 10.7. The van der Waals surface area contributed by atoms with Crippen molar-refractivity contribution in [3.8, 4) is 11.3 Å². The zero-order chi connectivity index (χ0) is 25.9. The highest BCUT2D eigenvalue weighted by Gasteiger charge is 2.30. The van der Waals surface area contributed by atoms with Crippen LogP contribution in [-0.2, 0) is 17.8 Å². The molecule has 2 fully saturated rings. The summed E-state index contributed by atoms with van der Waals surface area (Å²) in [5.41, 5.74) is 4.86. The highest BCUT2D eigenvalue weighted by Crippen LogP contribution is 2.40. The van der Waals surface area contributed by atoms with Gasteiger partial charge in [-0.15, -0.1) is 0 Å². The number of pyridine rings is 1. The Labute approximate surface area is 219 Å². The molecule has 0 radical (unpaired) electrons. The lowest BCUT2D eigenvalue weighted by atomic mass is 9.79. The van der Waals surface area contributed by atoms with Crippen molar-refractivity contribution in [2.45, 2.75) is 65.3 Å². The highest BCUT2D eigenvalue weighted by atomic mass is 19.1. The average Bonchev–Trinajstić information content (AvgIpc) is 3.29. The van der Waals surface area contributed by atoms with Crippen molar-refractivity contribution >= 4 is 11.7 Å². The first-order valence-electron chi connectivity index (χ1n) is 13.7. The van der Waals surface area contributed by atoms with Gasteiger partial charge in [0, 0.05) is 55.1 Å². The number of nitrogens with zero attached hydrogens (tertiary/aromatic N) is 5. The molecule has 0 spiro atoms. The van der Waals surface area contributed by atoms with Gasteiger partial charge in [0.25, 0.3) is 0 Å². The van der Waals surface area contributed by atoms with E-state index in [0.29, 0.717) is 30.5 Å². The Bertz CT molecular complexity index is 1230. The Morgan fingerprint density at radius 2 is 1.92 bits per heavy atom. The molecule has 1 aliphatic carbocycles. The van der Waals surface area contributed by atoms with Gasteiger partial charge in [0.15, 0.2) is 0 Å². The summed E-state index contributed by atoms with van der Waals surface area (Å²) in [6.45, 7) is 9.43. The molecule has 3 aromatic rings. The van der Waals surface area contributed by atoms with E-state index in [-0.39, 0.29) is 18.3 Å². The van der Waals surface area contributed by atoms with E-state index < -0.39 is 0 Å². The third-order valence-electron chi connectivity index (χ3n) is 8.09. The van der Waals surface area contributed by atoms with Gasteiger partial charge in [0.2, 0.25) is 5.91 Å². The number of anilines is 1. The maximum atomic E-state index is 14.0. The van der Waals surface area contributed by atoms with Gasteiger partial charge in [0.05, 0.1) is 5.69 Å². The monoisotopic (exact) mass is 503 g/mol. The van der Waals surface area contributed by atoms with Crippen molar-refractivity contribution in [3.05, 3.63) is 65.2 Å². The van der Waals surface area contributed by atoms with Gasteiger partial charge in [-0.1, -0.05) is 32.8 Å². The molecule has 2 atom stereocenters. The number of aromatic nitrogens is 3. The lowest BCUT2D eigenvalue weighted by Crippen LogP contribution is -2.50. The first-order chi connectivity index (χ1) is 17.9. The highest BCUT2D eigenvalue weighted by molar-refractivity contribution is 5.77. The van der Waals surface area contributed by atoms with Crippen LogP contribution in [-0.4, -0.2) is 51.8 Å². The van der Waals surface area contributed by atoms with Crippen LogP contribution in [0.2, 0.25) is 0 Å². The fourth-order valence-electron chi connectivity index (χ4n) is 6.10. The molecule has 1 saturated carbocycles. The molecule has 3 heterocycles. The van der Waals surface area contributed by atoms with Crippen molar-refractivity contribution in [3.63, 3.8) is 0 Å². The molecule has 5 rings (SSSR count). The third kappa shape index (κ3) is 5.41. The number of benzene rings is 1. The number of hydrogen-bond donors (Lipinski definition) is 0. The molecule has 2 aromatic heterocycles. The SMILES string of the molecule is CCc1c(-c2ccc(F)c(C)c2)nn(CC(=O)N2CCN(c3ccccn3)CC2)c1C1CCCC(C)C1. The Morgan fingerprint density at radius 1 is 1.11 bits per heavy atom. The summed E-state index contributed by atoms with van der Waals surface area (Å²) >= 11 is 0. The van der Waals surface area contributed by atoms with Crippen molar-refractivity contribution in [1.82, 2.24) is 19.7 Å². The van der Waals surface area contributed by atoms with E-state index in [1.54, 1.807) is 6.92 Å². The van der Waals surface area contributed by atoms with E-state index in [2.05, 4.69) is 23.7 Å². The molecular formula is C30H38FN5O. The van der Waals surface area contributed by atoms with Gasteiger partial charge in [-0.3, -0.25) is 9.48 Å². The van der Waals surface area contributed by atoms with E-state index in [1.807, 2.05) is 46.1 Å².